The Hall–Kier alpha value is -3.12. The van der Waals surface area contributed by atoms with E-state index in [0.717, 1.165) is 5.56 Å². The molecule has 1 atom stereocenters. The molecule has 32 heavy (non-hydrogen) atoms. The van der Waals surface area contributed by atoms with Crippen LogP contribution in [0.1, 0.15) is 37.8 Å². The van der Waals surface area contributed by atoms with Gasteiger partial charge in [-0.2, -0.15) is 0 Å². The number of aromatic nitrogens is 4. The lowest BCUT2D eigenvalue weighted by atomic mass is 10.0. The molecule has 10 nitrogen and oxygen atoms in total. The van der Waals surface area contributed by atoms with E-state index in [1.54, 1.807) is 29.9 Å². The third-order valence-electron chi connectivity index (χ3n) is 4.93. The Morgan fingerprint density at radius 1 is 1.25 bits per heavy atom. The van der Waals surface area contributed by atoms with E-state index in [4.69, 9.17) is 4.74 Å². The monoisotopic (exact) mass is 474 g/mol. The van der Waals surface area contributed by atoms with Gasteiger partial charge in [0.1, 0.15) is 5.82 Å². The Morgan fingerprint density at radius 2 is 2.06 bits per heavy atom. The molecule has 1 saturated carbocycles. The smallest absolute Gasteiger partial charge is 0.237 e. The second-order valence-corrected chi connectivity index (χ2v) is 10.1. The summed E-state index contributed by atoms with van der Waals surface area (Å²) in [5.74, 6) is -0.0161. The summed E-state index contributed by atoms with van der Waals surface area (Å²) in [5.41, 5.74) is 1.85. The number of pyridine rings is 1. The number of methoxy groups -OCH3 is 1. The first-order valence-electron chi connectivity index (χ1n) is 10.00. The lowest BCUT2D eigenvalue weighted by Gasteiger charge is -2.13. The molecular formula is C20H22N6O4S2. The van der Waals surface area contributed by atoms with Gasteiger partial charge in [0, 0.05) is 17.1 Å². The number of hydrogen-bond donors (Lipinski definition) is 2. The van der Waals surface area contributed by atoms with E-state index < -0.39 is 15.9 Å². The van der Waals surface area contributed by atoms with Gasteiger partial charge in [0.2, 0.25) is 21.8 Å². The first-order chi connectivity index (χ1) is 15.4. The number of ether oxygens (including phenoxy) is 1. The molecule has 12 heteroatoms. The van der Waals surface area contributed by atoms with Crippen molar-refractivity contribution in [1.29, 1.82) is 0 Å². The van der Waals surface area contributed by atoms with E-state index in [-0.39, 0.29) is 16.3 Å². The van der Waals surface area contributed by atoms with Gasteiger partial charge in [0.15, 0.2) is 5.13 Å². The van der Waals surface area contributed by atoms with Crippen LogP contribution in [0.2, 0.25) is 0 Å². The second-order valence-electron chi connectivity index (χ2n) is 7.25. The highest BCUT2D eigenvalue weighted by molar-refractivity contribution is 7.93. The van der Waals surface area contributed by atoms with Crippen LogP contribution in [-0.2, 0) is 14.8 Å². The lowest BCUT2D eigenvalue weighted by Crippen LogP contribution is -2.22. The molecular weight excluding hydrogens is 452 g/mol. The fraction of sp³-hybridized carbons (Fsp3) is 0.350. The van der Waals surface area contributed by atoms with E-state index in [2.05, 4.69) is 30.0 Å². The summed E-state index contributed by atoms with van der Waals surface area (Å²) < 4.78 is 31.8. The summed E-state index contributed by atoms with van der Waals surface area (Å²) >= 11 is 1.17. The van der Waals surface area contributed by atoms with Crippen molar-refractivity contribution in [3.8, 4) is 17.1 Å². The number of hydrogen-bond acceptors (Lipinski definition) is 9. The van der Waals surface area contributed by atoms with Crippen molar-refractivity contribution in [3.63, 3.8) is 0 Å². The number of carbonyl (C=O) groups is 1. The molecule has 0 aromatic carbocycles. The zero-order valence-corrected chi connectivity index (χ0v) is 19.1. The van der Waals surface area contributed by atoms with Crippen molar-refractivity contribution in [2.75, 3.05) is 17.1 Å². The number of thiazole rings is 1. The number of carbonyl (C=O) groups excluding carboxylic acids is 1. The summed E-state index contributed by atoms with van der Waals surface area (Å²) in [6.07, 6.45) is 6.54. The van der Waals surface area contributed by atoms with Crippen LogP contribution in [0.3, 0.4) is 0 Å². The zero-order chi connectivity index (χ0) is 22.7. The average molecular weight is 475 g/mol. The van der Waals surface area contributed by atoms with Gasteiger partial charge in [-0.25, -0.2) is 23.4 Å². The Bertz CT molecular complexity index is 1210. The predicted octanol–water partition coefficient (Wildman–Crippen LogP) is 3.04. The minimum Gasteiger partial charge on any atom is -0.480 e. The van der Waals surface area contributed by atoms with Crippen LogP contribution < -0.4 is 14.8 Å². The number of sulfonamides is 1. The zero-order valence-electron chi connectivity index (χ0n) is 17.5. The fourth-order valence-electron chi connectivity index (χ4n) is 3.02. The van der Waals surface area contributed by atoms with Crippen LogP contribution in [0.4, 0.5) is 10.9 Å². The first-order valence-corrected chi connectivity index (χ1v) is 12.4. The molecule has 4 rings (SSSR count). The lowest BCUT2D eigenvalue weighted by molar-refractivity contribution is -0.117. The molecule has 0 saturated heterocycles. The molecule has 0 bridgehead atoms. The molecule has 1 aliphatic rings. The molecule has 3 aromatic heterocycles. The van der Waals surface area contributed by atoms with E-state index >= 15 is 0 Å². The molecule has 1 unspecified atom stereocenters. The van der Waals surface area contributed by atoms with Crippen molar-refractivity contribution in [3.05, 3.63) is 41.8 Å². The second kappa shape index (κ2) is 9.17. The SMILES string of the molecule is CCC(C(=O)Nc1ccc(-c2cncc(OC)n2)cn1)c1csc(NS(=O)(=O)C2CC2)n1. The molecule has 0 radical (unpaired) electrons. The van der Waals surface area contributed by atoms with Crippen molar-refractivity contribution in [2.24, 2.45) is 0 Å². The number of anilines is 2. The topological polar surface area (TPSA) is 136 Å². The van der Waals surface area contributed by atoms with E-state index in [1.807, 2.05) is 6.92 Å². The molecule has 0 aliphatic heterocycles. The quantitative estimate of drug-likeness (QED) is 0.483. The Balaban J connectivity index is 1.43. The van der Waals surface area contributed by atoms with E-state index in [9.17, 15) is 13.2 Å². The maximum atomic E-state index is 12.8. The van der Waals surface area contributed by atoms with E-state index in [1.165, 1.54) is 24.6 Å². The standard InChI is InChI=1S/C20H22N6O4S2/c1-3-14(16-11-31-20(24-16)26-32(28,29)13-5-6-13)19(27)25-17-7-4-12(8-22-17)15-9-21-10-18(23-15)30-2/h4,7-11,13-14H,3,5-6H2,1-2H3,(H,24,26)(H,22,25,27). The number of amides is 1. The summed E-state index contributed by atoms with van der Waals surface area (Å²) in [6, 6.07) is 3.46. The summed E-state index contributed by atoms with van der Waals surface area (Å²) in [5, 5.41) is 4.44. The van der Waals surface area contributed by atoms with Gasteiger partial charge in [-0.3, -0.25) is 14.5 Å². The molecule has 0 spiro atoms. The van der Waals surface area contributed by atoms with Gasteiger partial charge in [-0.05, 0) is 31.4 Å². The van der Waals surface area contributed by atoms with Gasteiger partial charge in [-0.1, -0.05) is 6.92 Å². The van der Waals surface area contributed by atoms with Crippen LogP contribution in [0.25, 0.3) is 11.3 Å². The fourth-order valence-corrected chi connectivity index (χ4v) is 5.38. The largest absolute Gasteiger partial charge is 0.480 e. The van der Waals surface area contributed by atoms with Crippen molar-refractivity contribution in [1.82, 2.24) is 19.9 Å². The van der Waals surface area contributed by atoms with Crippen LogP contribution in [0, 0.1) is 0 Å². The minimum absolute atomic E-state index is 0.268. The van der Waals surface area contributed by atoms with Crippen LogP contribution in [0.15, 0.2) is 36.1 Å². The normalized spacial score (nSPS) is 14.6. The average Bonchev–Trinajstić information content (AvgIpc) is 3.57. The maximum Gasteiger partial charge on any atom is 0.237 e. The molecule has 2 N–H and O–H groups in total. The third kappa shape index (κ3) is 5.02. The Labute approximate surface area is 189 Å². The minimum atomic E-state index is -3.39. The molecule has 1 amide bonds. The van der Waals surface area contributed by atoms with Crippen LogP contribution in [0.5, 0.6) is 5.88 Å². The summed E-state index contributed by atoms with van der Waals surface area (Å²) in [6.45, 7) is 1.87. The van der Waals surface area contributed by atoms with Gasteiger partial charge in [0.05, 0.1) is 42.1 Å². The highest BCUT2D eigenvalue weighted by Crippen LogP contribution is 2.32. The molecule has 3 heterocycles. The van der Waals surface area contributed by atoms with Crippen molar-refractivity contribution < 1.29 is 17.9 Å². The first kappa shape index (κ1) is 22.1. The van der Waals surface area contributed by atoms with Gasteiger partial charge in [-0.15, -0.1) is 11.3 Å². The third-order valence-corrected chi connectivity index (χ3v) is 7.66. The number of rotatable bonds is 9. The van der Waals surface area contributed by atoms with Gasteiger partial charge >= 0.3 is 0 Å². The maximum absolute atomic E-state index is 12.8. The van der Waals surface area contributed by atoms with Crippen molar-refractivity contribution >= 4 is 38.2 Å². The van der Waals surface area contributed by atoms with Crippen LogP contribution in [-0.4, -0.2) is 46.6 Å². The number of nitrogens with one attached hydrogen (secondary N) is 2. The summed E-state index contributed by atoms with van der Waals surface area (Å²) in [4.78, 5) is 29.8. The summed E-state index contributed by atoms with van der Waals surface area (Å²) in [7, 11) is -1.87. The van der Waals surface area contributed by atoms with E-state index in [0.29, 0.717) is 42.3 Å². The van der Waals surface area contributed by atoms with Crippen LogP contribution >= 0.6 is 11.3 Å². The number of nitrogens with zero attached hydrogens (tertiary/aromatic N) is 4. The van der Waals surface area contributed by atoms with Crippen molar-refractivity contribution in [2.45, 2.75) is 37.4 Å². The molecule has 1 aliphatic carbocycles. The highest BCUT2D eigenvalue weighted by Gasteiger charge is 2.36. The molecule has 168 valence electrons. The highest BCUT2D eigenvalue weighted by atomic mass is 32.2. The van der Waals surface area contributed by atoms with Gasteiger partial charge < -0.3 is 10.1 Å². The molecule has 1 fully saturated rings. The predicted molar refractivity (Wildman–Crippen MR) is 121 cm³/mol. The Morgan fingerprint density at radius 3 is 2.72 bits per heavy atom. The Kier molecular flexibility index (Phi) is 6.33. The van der Waals surface area contributed by atoms with Gasteiger partial charge in [0.25, 0.3) is 0 Å². The molecule has 3 aromatic rings.